The second-order valence-electron chi connectivity index (χ2n) is 16.4. The van der Waals surface area contributed by atoms with Crippen molar-refractivity contribution >= 4 is 60.8 Å². The average molecular weight is 949 g/mol. The van der Waals surface area contributed by atoms with Crippen LogP contribution in [-0.4, -0.2) is 95.4 Å². The quantitative estimate of drug-likeness (QED) is 0.0501. The summed E-state index contributed by atoms with van der Waals surface area (Å²) in [5, 5.41) is 41.5. The van der Waals surface area contributed by atoms with E-state index < -0.39 is 11.9 Å². The van der Waals surface area contributed by atoms with Crippen LogP contribution < -0.4 is 10.2 Å². The van der Waals surface area contributed by atoms with E-state index in [1.807, 2.05) is 36.4 Å². The zero-order valence-electron chi connectivity index (χ0n) is 37.3. The molecule has 332 valence electrons. The molecule has 9 heteroatoms. The molecule has 0 bridgehead atoms. The van der Waals surface area contributed by atoms with E-state index in [0.717, 1.165) is 114 Å². The van der Waals surface area contributed by atoms with Crippen molar-refractivity contribution in [2.45, 2.75) is 231 Å². The minimum absolute atomic E-state index is 0. The Morgan fingerprint density at radius 2 is 0.746 bits per heavy atom. The molecule has 59 heavy (non-hydrogen) atoms. The van der Waals surface area contributed by atoms with Crippen LogP contribution in [0.4, 0.5) is 0 Å². The van der Waals surface area contributed by atoms with Crippen LogP contribution in [0.2, 0.25) is 0 Å². The number of carbonyl (C=O) groups is 2. The van der Waals surface area contributed by atoms with Crippen LogP contribution in [0.1, 0.15) is 205 Å². The molecule has 2 aromatic carbocycles. The zero-order valence-corrected chi connectivity index (χ0v) is 41.8. The molecule has 0 amide bonds. The summed E-state index contributed by atoms with van der Waals surface area (Å²) in [5.74, 6) is -1.95. The van der Waals surface area contributed by atoms with Gasteiger partial charge in [-0.15, -0.1) is 0 Å². The number of rotatable bonds is 38. The number of hydrogen-bond acceptors (Lipinski definition) is 8. The van der Waals surface area contributed by atoms with E-state index in [4.69, 9.17) is 9.47 Å². The maximum Gasteiger partial charge on any atom is 2.00 e. The van der Waals surface area contributed by atoms with Crippen LogP contribution in [0.15, 0.2) is 60.7 Å². The number of hydrogen-bond donors (Lipinski definition) is 2. The summed E-state index contributed by atoms with van der Waals surface area (Å²) in [6, 6.07) is 20.3. The van der Waals surface area contributed by atoms with Crippen LogP contribution in [0, 0.1) is 0 Å². The van der Waals surface area contributed by atoms with Crippen molar-refractivity contribution in [2.75, 3.05) is 0 Å². The van der Waals surface area contributed by atoms with E-state index in [9.17, 15) is 30.0 Å². The molecule has 4 unspecified atom stereocenters. The van der Waals surface area contributed by atoms with Crippen LogP contribution in [0.25, 0.3) is 0 Å². The molecule has 0 aliphatic rings. The zero-order chi connectivity index (χ0) is 42.3. The first kappa shape index (κ1) is 57.8. The molecule has 0 aromatic heterocycles. The van der Waals surface area contributed by atoms with Gasteiger partial charge in [0.15, 0.2) is 0 Å². The van der Waals surface area contributed by atoms with E-state index in [0.29, 0.717) is 26.1 Å². The molecule has 2 N–H and O–H groups in total. The number of aliphatic hydroxyl groups excluding tert-OH is 2. The third-order valence-corrected chi connectivity index (χ3v) is 10.9. The minimum atomic E-state index is -0.976. The molecule has 2 rings (SSSR count). The van der Waals surface area contributed by atoms with Gasteiger partial charge in [0.1, 0.15) is 0 Å². The third kappa shape index (κ3) is 38.2. The number of aliphatic carboxylic acids is 2. The van der Waals surface area contributed by atoms with Gasteiger partial charge in [-0.1, -0.05) is 177 Å². The van der Waals surface area contributed by atoms with Crippen LogP contribution in [-0.2, 0) is 32.3 Å². The van der Waals surface area contributed by atoms with Gasteiger partial charge in [-0.05, 0) is 88.2 Å². The predicted molar refractivity (Wildman–Crippen MR) is 238 cm³/mol. The Bertz CT molecular complexity index is 1110. The fraction of sp³-hybridized carbons (Fsp3) is 0.720. The molecule has 0 radical (unpaired) electrons. The third-order valence-electron chi connectivity index (χ3n) is 10.9. The Labute approximate surface area is 400 Å². The average Bonchev–Trinajstić information content (AvgIpc) is 3.22. The van der Waals surface area contributed by atoms with Crippen molar-refractivity contribution in [3.63, 3.8) is 0 Å². The second kappa shape index (κ2) is 42.1. The number of carboxylic acid groups (broad SMARTS) is 2. The maximum absolute atomic E-state index is 10.6. The van der Waals surface area contributed by atoms with E-state index >= 15 is 0 Å². The minimum Gasteiger partial charge on any atom is -0.550 e. The van der Waals surface area contributed by atoms with Crippen molar-refractivity contribution in [1.82, 2.24) is 0 Å². The summed E-state index contributed by atoms with van der Waals surface area (Å²) < 4.78 is 12.2. The van der Waals surface area contributed by atoms with Gasteiger partial charge in [0.25, 0.3) is 0 Å². The number of unbranched alkanes of at least 4 members (excludes halogenated alkanes) is 12. The summed E-state index contributed by atoms with van der Waals surface area (Å²) in [6.07, 6.45) is 26.8. The summed E-state index contributed by atoms with van der Waals surface area (Å²) in [6.45, 7) is 5.61. The Morgan fingerprint density at radius 3 is 1.07 bits per heavy atom. The molecule has 0 heterocycles. The summed E-state index contributed by atoms with van der Waals surface area (Å²) in [5.41, 5.74) is 2.32. The van der Waals surface area contributed by atoms with Gasteiger partial charge in [-0.2, -0.15) is 0 Å². The number of ether oxygens (including phenoxy) is 2. The standard InChI is InChI=1S/2C25H42O4.Ba/c2*1-2-3-4-5-9-16-23(26)17-10-11-18-24(19-12-13-20-25(27)28)29-21-22-14-7-6-8-15-22;/h2*6-8,14-15,23-24,26H,2-5,9-13,16-21H2,1H3,(H,27,28);/q;;+2/p-2. The fourth-order valence-corrected chi connectivity index (χ4v) is 7.24. The fourth-order valence-electron chi connectivity index (χ4n) is 7.24. The van der Waals surface area contributed by atoms with Crippen LogP contribution in [0.5, 0.6) is 0 Å². The first-order chi connectivity index (χ1) is 28.2. The number of benzene rings is 2. The number of carboxylic acids is 2. The van der Waals surface area contributed by atoms with Crippen molar-refractivity contribution in [1.29, 1.82) is 0 Å². The first-order valence-corrected chi connectivity index (χ1v) is 23.3. The van der Waals surface area contributed by atoms with E-state index in [2.05, 4.69) is 38.1 Å². The van der Waals surface area contributed by atoms with Gasteiger partial charge in [-0.25, -0.2) is 0 Å². The maximum atomic E-state index is 10.6. The smallest absolute Gasteiger partial charge is 0.550 e. The molecular weight excluding hydrogens is 866 g/mol. The Morgan fingerprint density at radius 1 is 0.458 bits per heavy atom. The van der Waals surface area contributed by atoms with Gasteiger partial charge in [0.05, 0.1) is 37.6 Å². The Balaban J connectivity index is 0.00000112. The van der Waals surface area contributed by atoms with E-state index in [-0.39, 0.29) is 86.1 Å². The van der Waals surface area contributed by atoms with Crippen molar-refractivity contribution < 1.29 is 39.5 Å². The van der Waals surface area contributed by atoms with Gasteiger partial charge in [-0.3, -0.25) is 0 Å². The molecule has 0 saturated carbocycles. The molecule has 8 nitrogen and oxygen atoms in total. The van der Waals surface area contributed by atoms with Gasteiger partial charge >= 0.3 is 48.9 Å². The summed E-state index contributed by atoms with van der Waals surface area (Å²) in [7, 11) is 0. The SMILES string of the molecule is CCCCCCCC(O)CCCCC(CCCCC(=O)[O-])OCc1ccccc1.CCCCCCCC(O)CCCCC(CCCCC(=O)[O-])OCc1ccccc1.[Ba+2]. The molecule has 4 atom stereocenters. The first-order valence-electron chi connectivity index (χ1n) is 23.3. The van der Waals surface area contributed by atoms with Crippen LogP contribution in [0.3, 0.4) is 0 Å². The predicted octanol–water partition coefficient (Wildman–Crippen LogP) is 9.95. The van der Waals surface area contributed by atoms with Crippen molar-refractivity contribution in [3.8, 4) is 0 Å². The van der Waals surface area contributed by atoms with Crippen molar-refractivity contribution in [2.24, 2.45) is 0 Å². The van der Waals surface area contributed by atoms with E-state index in [1.165, 1.54) is 51.4 Å². The molecule has 0 aliphatic carbocycles. The largest absolute Gasteiger partial charge is 2.00 e. The van der Waals surface area contributed by atoms with Crippen molar-refractivity contribution in [3.05, 3.63) is 71.8 Å². The van der Waals surface area contributed by atoms with Gasteiger partial charge in [0.2, 0.25) is 0 Å². The topological polar surface area (TPSA) is 139 Å². The van der Waals surface area contributed by atoms with Crippen LogP contribution >= 0.6 is 0 Å². The number of carbonyl (C=O) groups excluding carboxylic acids is 2. The monoisotopic (exact) mass is 949 g/mol. The molecule has 2 aromatic rings. The van der Waals surface area contributed by atoms with Gasteiger partial charge in [0, 0.05) is 11.9 Å². The van der Waals surface area contributed by atoms with Gasteiger partial charge < -0.3 is 39.5 Å². The normalized spacial score (nSPS) is 13.1. The van der Waals surface area contributed by atoms with E-state index in [1.54, 1.807) is 0 Å². The molecule has 0 fully saturated rings. The molecule has 0 saturated heterocycles. The Hall–Kier alpha value is -1.21. The number of aliphatic hydroxyl groups is 2. The molecular formula is C50H82BaO8. The molecule has 0 aliphatic heterocycles. The molecule has 0 spiro atoms. The second-order valence-corrected chi connectivity index (χ2v) is 16.4. The summed E-state index contributed by atoms with van der Waals surface area (Å²) in [4.78, 5) is 21.2. The summed E-state index contributed by atoms with van der Waals surface area (Å²) >= 11 is 0. The Kier molecular flexibility index (Phi) is 41.2.